The van der Waals surface area contributed by atoms with Gasteiger partial charge in [0.05, 0.1) is 11.7 Å². The number of aliphatic hydroxyl groups excluding tert-OH is 1. The van der Waals surface area contributed by atoms with Crippen LogP contribution in [-0.4, -0.2) is 27.7 Å². The number of carbonyl (C=O) groups is 1. The van der Waals surface area contributed by atoms with Crippen LogP contribution in [0.5, 0.6) is 0 Å². The Balaban J connectivity index is 1.66. The van der Waals surface area contributed by atoms with E-state index in [1.807, 2.05) is 0 Å². The molecule has 4 aliphatic carbocycles. The molecular formula is C20H30O3. The van der Waals surface area contributed by atoms with Gasteiger partial charge in [-0.1, -0.05) is 13.0 Å². The van der Waals surface area contributed by atoms with Gasteiger partial charge in [-0.3, -0.25) is 4.79 Å². The van der Waals surface area contributed by atoms with E-state index in [0.717, 1.165) is 44.1 Å². The number of Topliss-reactive ketones (excluding diaryl/α,β-unsaturated/α-hetero) is 1. The van der Waals surface area contributed by atoms with Gasteiger partial charge in [0, 0.05) is 5.92 Å². The molecule has 0 spiro atoms. The Morgan fingerprint density at radius 2 is 1.96 bits per heavy atom. The first-order valence-electron chi connectivity index (χ1n) is 9.46. The van der Waals surface area contributed by atoms with Crippen molar-refractivity contribution < 1.29 is 15.0 Å². The molecule has 0 aromatic carbocycles. The van der Waals surface area contributed by atoms with Crippen molar-refractivity contribution in [3.8, 4) is 0 Å². The molecule has 4 rings (SSSR count). The summed E-state index contributed by atoms with van der Waals surface area (Å²) >= 11 is 0. The van der Waals surface area contributed by atoms with Crippen molar-refractivity contribution >= 4 is 5.78 Å². The summed E-state index contributed by atoms with van der Waals surface area (Å²) in [6, 6.07) is 0. The van der Waals surface area contributed by atoms with Gasteiger partial charge < -0.3 is 10.2 Å². The Kier molecular flexibility index (Phi) is 3.55. The molecule has 0 saturated heterocycles. The van der Waals surface area contributed by atoms with Gasteiger partial charge in [0.2, 0.25) is 0 Å². The Morgan fingerprint density at radius 3 is 2.70 bits per heavy atom. The Labute approximate surface area is 139 Å². The smallest absolute Gasteiger partial charge is 0.133 e. The molecule has 3 saturated carbocycles. The van der Waals surface area contributed by atoms with E-state index in [1.165, 1.54) is 0 Å². The lowest BCUT2D eigenvalue weighted by Crippen LogP contribution is -2.55. The van der Waals surface area contributed by atoms with Crippen LogP contribution >= 0.6 is 0 Å². The third-order valence-corrected chi connectivity index (χ3v) is 8.05. The topological polar surface area (TPSA) is 57.5 Å². The molecule has 0 aromatic rings. The van der Waals surface area contributed by atoms with E-state index in [-0.39, 0.29) is 17.4 Å². The van der Waals surface area contributed by atoms with Gasteiger partial charge in [0.25, 0.3) is 0 Å². The molecule has 0 bridgehead atoms. The second kappa shape index (κ2) is 5.16. The quantitative estimate of drug-likeness (QED) is 0.730. The third kappa shape index (κ3) is 2.12. The van der Waals surface area contributed by atoms with Crippen molar-refractivity contribution in [2.45, 2.75) is 76.9 Å². The maximum atomic E-state index is 12.1. The number of hydrogen-bond donors (Lipinski definition) is 2. The molecule has 3 heteroatoms. The summed E-state index contributed by atoms with van der Waals surface area (Å²) in [5, 5.41) is 21.4. The van der Waals surface area contributed by atoms with Gasteiger partial charge in [-0.15, -0.1) is 0 Å². The number of hydrogen-bond acceptors (Lipinski definition) is 3. The monoisotopic (exact) mass is 318 g/mol. The van der Waals surface area contributed by atoms with E-state index in [4.69, 9.17) is 0 Å². The van der Waals surface area contributed by atoms with Crippen molar-refractivity contribution in [2.24, 2.45) is 29.1 Å². The minimum absolute atomic E-state index is 0.142. The second-order valence-electron chi connectivity index (χ2n) is 8.95. The second-order valence-corrected chi connectivity index (χ2v) is 8.95. The Bertz CT molecular complexity index is 553. The first-order valence-corrected chi connectivity index (χ1v) is 9.46. The molecule has 3 fully saturated rings. The fourth-order valence-corrected chi connectivity index (χ4v) is 6.92. The number of ketones is 1. The van der Waals surface area contributed by atoms with Crippen molar-refractivity contribution in [3.63, 3.8) is 0 Å². The summed E-state index contributed by atoms with van der Waals surface area (Å²) in [5.74, 6) is 2.01. The molecule has 2 N–H and O–H groups in total. The summed E-state index contributed by atoms with van der Waals surface area (Å²) in [6.45, 7) is 4.10. The van der Waals surface area contributed by atoms with E-state index >= 15 is 0 Å². The van der Waals surface area contributed by atoms with Crippen LogP contribution in [0.4, 0.5) is 0 Å². The van der Waals surface area contributed by atoms with Crippen LogP contribution in [0.3, 0.4) is 0 Å². The van der Waals surface area contributed by atoms with Crippen molar-refractivity contribution in [3.05, 3.63) is 11.6 Å². The molecule has 0 radical (unpaired) electrons. The van der Waals surface area contributed by atoms with Gasteiger partial charge in [-0.2, -0.15) is 0 Å². The molecule has 0 amide bonds. The van der Waals surface area contributed by atoms with Crippen LogP contribution in [0.25, 0.3) is 0 Å². The van der Waals surface area contributed by atoms with E-state index < -0.39 is 5.60 Å². The number of rotatable bonds is 1. The van der Waals surface area contributed by atoms with E-state index in [9.17, 15) is 15.0 Å². The highest BCUT2D eigenvalue weighted by molar-refractivity contribution is 5.79. The zero-order valence-corrected chi connectivity index (χ0v) is 14.4. The predicted molar refractivity (Wildman–Crippen MR) is 88.7 cm³/mol. The van der Waals surface area contributed by atoms with Gasteiger partial charge in [0.1, 0.15) is 5.78 Å². The molecule has 0 unspecified atom stereocenters. The largest absolute Gasteiger partial charge is 0.393 e. The summed E-state index contributed by atoms with van der Waals surface area (Å²) < 4.78 is 0. The number of allylic oxidation sites excluding steroid dienone is 1. The van der Waals surface area contributed by atoms with Crippen LogP contribution in [-0.2, 0) is 4.79 Å². The molecule has 7 atom stereocenters. The van der Waals surface area contributed by atoms with E-state index in [2.05, 4.69) is 13.0 Å². The van der Waals surface area contributed by atoms with Crippen LogP contribution in [0.2, 0.25) is 0 Å². The lowest BCUT2D eigenvalue weighted by atomic mass is 9.50. The fraction of sp³-hybridized carbons (Fsp3) is 0.850. The summed E-state index contributed by atoms with van der Waals surface area (Å²) in [4.78, 5) is 12.1. The lowest BCUT2D eigenvalue weighted by molar-refractivity contribution is -0.131. The number of fused-ring (bicyclic) bond motifs is 5. The average Bonchev–Trinajstić information content (AvgIpc) is 2.85. The zero-order chi connectivity index (χ0) is 16.4. The standard InChI is InChI=1S/C20H30O3/c1-12(21)16-5-6-17-15-4-3-13-11-14(22)7-10-20(13,23)18(15)8-9-19(16,17)2/h3,14-18,22-23H,4-11H2,1-2H3/t14-,15-,16+,17-,18-,19+,20+/m0/s1. The lowest BCUT2D eigenvalue weighted by Gasteiger charge is -2.56. The SMILES string of the molecule is CC(=O)[C@H]1CC[C@H]2[C@@H]3CC=C4C[C@@H](O)CC[C@]4(O)[C@H]3CC[C@]12C. The first kappa shape index (κ1) is 15.8. The third-order valence-electron chi connectivity index (χ3n) is 8.05. The van der Waals surface area contributed by atoms with Crippen LogP contribution in [0.1, 0.15) is 65.2 Å². The molecule has 0 aliphatic heterocycles. The first-order chi connectivity index (χ1) is 10.9. The van der Waals surface area contributed by atoms with Crippen molar-refractivity contribution in [1.29, 1.82) is 0 Å². The molecule has 23 heavy (non-hydrogen) atoms. The summed E-state index contributed by atoms with van der Waals surface area (Å²) in [5.41, 5.74) is 0.558. The summed E-state index contributed by atoms with van der Waals surface area (Å²) in [6.07, 6.45) is 9.34. The highest BCUT2D eigenvalue weighted by atomic mass is 16.3. The molecule has 0 aromatic heterocycles. The highest BCUT2D eigenvalue weighted by Crippen LogP contribution is 2.64. The minimum atomic E-state index is -0.683. The molecule has 3 nitrogen and oxygen atoms in total. The average molecular weight is 318 g/mol. The van der Waals surface area contributed by atoms with E-state index in [1.54, 1.807) is 6.92 Å². The maximum Gasteiger partial charge on any atom is 0.133 e. The normalized spacial score (nSPS) is 52.2. The zero-order valence-electron chi connectivity index (χ0n) is 14.4. The highest BCUT2D eigenvalue weighted by Gasteiger charge is 2.60. The van der Waals surface area contributed by atoms with Gasteiger partial charge in [-0.25, -0.2) is 0 Å². The van der Waals surface area contributed by atoms with Gasteiger partial charge in [0.15, 0.2) is 0 Å². The van der Waals surface area contributed by atoms with Crippen LogP contribution in [0.15, 0.2) is 11.6 Å². The molecular weight excluding hydrogens is 288 g/mol. The van der Waals surface area contributed by atoms with Gasteiger partial charge in [-0.05, 0) is 87.0 Å². The van der Waals surface area contributed by atoms with Crippen LogP contribution < -0.4 is 0 Å². The van der Waals surface area contributed by atoms with Crippen molar-refractivity contribution in [2.75, 3.05) is 0 Å². The Hall–Kier alpha value is -0.670. The number of aliphatic hydroxyl groups is 2. The number of carbonyl (C=O) groups excluding carboxylic acids is 1. The Morgan fingerprint density at radius 1 is 1.17 bits per heavy atom. The van der Waals surface area contributed by atoms with E-state index in [0.29, 0.717) is 36.4 Å². The van der Waals surface area contributed by atoms with Crippen molar-refractivity contribution in [1.82, 2.24) is 0 Å². The molecule has 128 valence electrons. The predicted octanol–water partition coefficient (Wildman–Crippen LogP) is 3.24. The summed E-state index contributed by atoms with van der Waals surface area (Å²) in [7, 11) is 0. The van der Waals surface area contributed by atoms with Crippen LogP contribution in [0, 0.1) is 29.1 Å². The maximum absolute atomic E-state index is 12.1. The van der Waals surface area contributed by atoms with Gasteiger partial charge >= 0.3 is 0 Å². The molecule has 0 heterocycles. The fourth-order valence-electron chi connectivity index (χ4n) is 6.92. The molecule has 4 aliphatic rings. The minimum Gasteiger partial charge on any atom is -0.393 e.